The van der Waals surface area contributed by atoms with Gasteiger partial charge in [-0.05, 0) is 36.6 Å². The topological polar surface area (TPSA) is 49.3 Å². The Morgan fingerprint density at radius 2 is 1.75 bits per heavy atom. The molecular formula is C19H19F2NO2. The molecule has 0 aromatic heterocycles. The van der Waals surface area contributed by atoms with E-state index >= 15 is 0 Å². The van der Waals surface area contributed by atoms with E-state index in [-0.39, 0.29) is 18.2 Å². The molecule has 2 aromatic rings. The van der Waals surface area contributed by atoms with Gasteiger partial charge in [0.25, 0.3) is 0 Å². The quantitative estimate of drug-likeness (QED) is 0.762. The number of halogens is 2. The summed E-state index contributed by atoms with van der Waals surface area (Å²) in [5, 5.41) is 11.8. The third-order valence-electron chi connectivity index (χ3n) is 3.57. The van der Waals surface area contributed by atoms with Crippen LogP contribution in [0.2, 0.25) is 0 Å². The standard InChI is InChI=1S/C19H19F2NO2/c20-16-8-4-9-17(21)15(16)11-12-19(24)22-18(10-5-13-23)14-6-2-1-3-7-14/h1-4,6-9,11-12,18,23H,5,10,13H2,(H,22,24)/b12-11+. The third kappa shape index (κ3) is 4.99. The molecule has 0 saturated carbocycles. The summed E-state index contributed by atoms with van der Waals surface area (Å²) in [6.07, 6.45) is 3.32. The molecule has 0 fully saturated rings. The predicted octanol–water partition coefficient (Wildman–Crippen LogP) is 3.61. The number of nitrogens with one attached hydrogen (secondary N) is 1. The highest BCUT2D eigenvalue weighted by molar-refractivity contribution is 5.92. The lowest BCUT2D eigenvalue weighted by Gasteiger charge is -2.18. The molecule has 1 atom stereocenters. The summed E-state index contributed by atoms with van der Waals surface area (Å²) in [5.74, 6) is -1.90. The number of carbonyl (C=O) groups excluding carboxylic acids is 1. The van der Waals surface area contributed by atoms with Gasteiger partial charge in [0.05, 0.1) is 6.04 Å². The van der Waals surface area contributed by atoms with Gasteiger partial charge in [0.15, 0.2) is 0 Å². The zero-order valence-corrected chi connectivity index (χ0v) is 13.1. The van der Waals surface area contributed by atoms with Crippen LogP contribution in [0.15, 0.2) is 54.6 Å². The highest BCUT2D eigenvalue weighted by Crippen LogP contribution is 2.18. The van der Waals surface area contributed by atoms with Gasteiger partial charge in [-0.3, -0.25) is 4.79 Å². The molecule has 3 nitrogen and oxygen atoms in total. The molecule has 0 radical (unpaired) electrons. The van der Waals surface area contributed by atoms with Crippen molar-refractivity contribution in [3.63, 3.8) is 0 Å². The molecule has 24 heavy (non-hydrogen) atoms. The maximum atomic E-state index is 13.5. The van der Waals surface area contributed by atoms with E-state index in [1.807, 2.05) is 30.3 Å². The first-order valence-corrected chi connectivity index (χ1v) is 7.70. The first-order chi connectivity index (χ1) is 11.6. The van der Waals surface area contributed by atoms with E-state index < -0.39 is 17.5 Å². The summed E-state index contributed by atoms with van der Waals surface area (Å²) >= 11 is 0. The zero-order chi connectivity index (χ0) is 17.4. The molecule has 0 aliphatic heterocycles. The molecule has 5 heteroatoms. The molecule has 2 N–H and O–H groups in total. The highest BCUT2D eigenvalue weighted by Gasteiger charge is 2.13. The van der Waals surface area contributed by atoms with Gasteiger partial charge < -0.3 is 10.4 Å². The van der Waals surface area contributed by atoms with E-state index in [1.165, 1.54) is 6.07 Å². The van der Waals surface area contributed by atoms with Crippen molar-refractivity contribution in [2.45, 2.75) is 18.9 Å². The van der Waals surface area contributed by atoms with E-state index in [9.17, 15) is 13.6 Å². The van der Waals surface area contributed by atoms with E-state index in [2.05, 4.69) is 5.32 Å². The van der Waals surface area contributed by atoms with E-state index in [0.717, 1.165) is 29.8 Å². The van der Waals surface area contributed by atoms with Gasteiger partial charge >= 0.3 is 0 Å². The lowest BCUT2D eigenvalue weighted by Crippen LogP contribution is -2.27. The van der Waals surface area contributed by atoms with Crippen LogP contribution in [0.3, 0.4) is 0 Å². The fourth-order valence-corrected chi connectivity index (χ4v) is 2.35. The smallest absolute Gasteiger partial charge is 0.244 e. The van der Waals surface area contributed by atoms with Crippen LogP contribution in [-0.2, 0) is 4.79 Å². The molecular weight excluding hydrogens is 312 g/mol. The van der Waals surface area contributed by atoms with Crippen molar-refractivity contribution >= 4 is 12.0 Å². The summed E-state index contributed by atoms with van der Waals surface area (Å²) in [5.41, 5.74) is 0.657. The van der Waals surface area contributed by atoms with Gasteiger partial charge in [-0.2, -0.15) is 0 Å². The number of aliphatic hydroxyl groups is 1. The molecule has 126 valence electrons. The Morgan fingerprint density at radius 1 is 1.08 bits per heavy atom. The van der Waals surface area contributed by atoms with Crippen molar-refractivity contribution in [1.82, 2.24) is 5.32 Å². The van der Waals surface area contributed by atoms with Crippen LogP contribution in [0.4, 0.5) is 8.78 Å². The average Bonchev–Trinajstić information content (AvgIpc) is 2.59. The molecule has 0 aliphatic rings. The van der Waals surface area contributed by atoms with Crippen molar-refractivity contribution < 1.29 is 18.7 Å². The number of rotatable bonds is 7. The highest BCUT2D eigenvalue weighted by atomic mass is 19.1. The maximum absolute atomic E-state index is 13.5. The first-order valence-electron chi connectivity index (χ1n) is 7.70. The second-order valence-electron chi connectivity index (χ2n) is 5.31. The minimum Gasteiger partial charge on any atom is -0.396 e. The summed E-state index contributed by atoms with van der Waals surface area (Å²) < 4.78 is 27.1. The number of hydrogen-bond donors (Lipinski definition) is 2. The second-order valence-corrected chi connectivity index (χ2v) is 5.31. The van der Waals surface area contributed by atoms with Crippen molar-refractivity contribution in [3.05, 3.63) is 77.4 Å². The Kier molecular flexibility index (Phi) is 6.63. The van der Waals surface area contributed by atoms with Crippen molar-refractivity contribution in [2.75, 3.05) is 6.61 Å². The largest absolute Gasteiger partial charge is 0.396 e. The summed E-state index contributed by atoms with van der Waals surface area (Å²) in [7, 11) is 0. The van der Waals surface area contributed by atoms with Crippen molar-refractivity contribution in [3.8, 4) is 0 Å². The van der Waals surface area contributed by atoms with Crippen molar-refractivity contribution in [2.24, 2.45) is 0 Å². The van der Waals surface area contributed by atoms with E-state index in [0.29, 0.717) is 12.8 Å². The summed E-state index contributed by atoms with van der Waals surface area (Å²) in [4.78, 5) is 12.1. The Balaban J connectivity index is 2.09. The van der Waals surface area contributed by atoms with E-state index in [4.69, 9.17) is 5.11 Å². The Hall–Kier alpha value is -2.53. The van der Waals surface area contributed by atoms with Gasteiger partial charge in [-0.15, -0.1) is 0 Å². The molecule has 0 spiro atoms. The lowest BCUT2D eigenvalue weighted by atomic mass is 10.0. The van der Waals surface area contributed by atoms with Crippen LogP contribution < -0.4 is 5.32 Å². The number of amides is 1. The molecule has 0 aliphatic carbocycles. The number of hydrogen-bond acceptors (Lipinski definition) is 2. The SMILES string of the molecule is O=C(/C=C/c1c(F)cccc1F)NC(CCCO)c1ccccc1. The van der Waals surface area contributed by atoms with Gasteiger partial charge in [-0.25, -0.2) is 8.78 Å². The zero-order valence-electron chi connectivity index (χ0n) is 13.1. The number of aliphatic hydroxyl groups excluding tert-OH is 1. The monoisotopic (exact) mass is 331 g/mol. The van der Waals surface area contributed by atoms with Crippen molar-refractivity contribution in [1.29, 1.82) is 0 Å². The van der Waals surface area contributed by atoms with Gasteiger partial charge in [0.1, 0.15) is 11.6 Å². The molecule has 2 aromatic carbocycles. The fourth-order valence-electron chi connectivity index (χ4n) is 2.35. The summed E-state index contributed by atoms with van der Waals surface area (Å²) in [6.45, 7) is 0.0233. The van der Waals surface area contributed by atoms with Crippen LogP contribution >= 0.6 is 0 Å². The maximum Gasteiger partial charge on any atom is 0.244 e. The molecule has 0 bridgehead atoms. The Labute approximate surface area is 139 Å². The molecule has 1 unspecified atom stereocenters. The Morgan fingerprint density at radius 3 is 2.38 bits per heavy atom. The van der Waals surface area contributed by atoms with Gasteiger partial charge in [0, 0.05) is 18.2 Å². The third-order valence-corrected chi connectivity index (χ3v) is 3.57. The molecule has 1 amide bonds. The van der Waals surface area contributed by atoms with Crippen LogP contribution in [0.1, 0.15) is 30.0 Å². The van der Waals surface area contributed by atoms with Crippen LogP contribution in [-0.4, -0.2) is 17.6 Å². The summed E-state index contributed by atoms with van der Waals surface area (Å²) in [6, 6.07) is 12.6. The van der Waals surface area contributed by atoms with Crippen LogP contribution in [0.25, 0.3) is 6.08 Å². The average molecular weight is 331 g/mol. The minimum absolute atomic E-state index is 0.0233. The number of carbonyl (C=O) groups is 1. The predicted molar refractivity (Wildman–Crippen MR) is 89.0 cm³/mol. The van der Waals surface area contributed by atoms with Gasteiger partial charge in [0.2, 0.25) is 5.91 Å². The lowest BCUT2D eigenvalue weighted by molar-refractivity contribution is -0.117. The number of benzene rings is 2. The van der Waals surface area contributed by atoms with Crippen LogP contribution in [0, 0.1) is 11.6 Å². The fraction of sp³-hybridized carbons (Fsp3) is 0.211. The molecule has 0 saturated heterocycles. The molecule has 2 rings (SSSR count). The Bertz CT molecular complexity index is 682. The minimum atomic E-state index is -0.723. The van der Waals surface area contributed by atoms with E-state index in [1.54, 1.807) is 0 Å². The van der Waals surface area contributed by atoms with Gasteiger partial charge in [-0.1, -0.05) is 36.4 Å². The first kappa shape index (κ1) is 17.8. The normalized spacial score (nSPS) is 12.3. The molecule has 0 heterocycles. The second kappa shape index (κ2) is 8.93. The van der Waals surface area contributed by atoms with Crippen LogP contribution in [0.5, 0.6) is 0 Å².